The number of aromatic nitrogens is 2. The molecule has 0 bridgehead atoms. The van der Waals surface area contributed by atoms with Gasteiger partial charge in [-0.05, 0) is 29.8 Å². The summed E-state index contributed by atoms with van der Waals surface area (Å²) in [6, 6.07) is 9.66. The van der Waals surface area contributed by atoms with E-state index < -0.39 is 11.6 Å². The highest BCUT2D eigenvalue weighted by Crippen LogP contribution is 2.20. The van der Waals surface area contributed by atoms with Gasteiger partial charge in [-0.3, -0.25) is 0 Å². The third-order valence-corrected chi connectivity index (χ3v) is 2.85. The molecule has 3 aromatic rings. The molecule has 1 N–H and O–H groups in total. The summed E-state index contributed by atoms with van der Waals surface area (Å²) in [7, 11) is 0. The van der Waals surface area contributed by atoms with E-state index >= 15 is 0 Å². The molecule has 0 atom stereocenters. The highest BCUT2D eigenvalue weighted by atomic mass is 19.1. The van der Waals surface area contributed by atoms with Gasteiger partial charge in [0.15, 0.2) is 0 Å². The Balaban J connectivity index is 1.86. The number of hydrogen-bond acceptors (Lipinski definition) is 4. The highest BCUT2D eigenvalue weighted by molar-refractivity contribution is 5.54. The van der Waals surface area contributed by atoms with E-state index in [1.807, 2.05) is 0 Å². The number of aromatic hydroxyl groups is 1. The monoisotopic (exact) mass is 288 g/mol. The van der Waals surface area contributed by atoms with Crippen LogP contribution in [0.15, 0.2) is 47.0 Å². The molecule has 0 aliphatic heterocycles. The van der Waals surface area contributed by atoms with E-state index in [0.717, 1.165) is 23.8 Å². The molecule has 0 saturated heterocycles. The van der Waals surface area contributed by atoms with Crippen LogP contribution < -0.4 is 0 Å². The lowest BCUT2D eigenvalue weighted by molar-refractivity contribution is 0.385. The Bertz CT molecular complexity index is 767. The topological polar surface area (TPSA) is 59.2 Å². The van der Waals surface area contributed by atoms with Crippen LogP contribution in [-0.4, -0.2) is 15.2 Å². The summed E-state index contributed by atoms with van der Waals surface area (Å²) in [4.78, 5) is 4.09. The van der Waals surface area contributed by atoms with Crippen LogP contribution in [0.2, 0.25) is 0 Å². The number of rotatable bonds is 3. The van der Waals surface area contributed by atoms with E-state index in [-0.39, 0.29) is 17.1 Å². The fourth-order valence-corrected chi connectivity index (χ4v) is 1.97. The number of benzene rings is 2. The summed E-state index contributed by atoms with van der Waals surface area (Å²) in [6.45, 7) is 0. The molecule has 1 aromatic heterocycles. The van der Waals surface area contributed by atoms with Crippen LogP contribution in [0, 0.1) is 11.6 Å². The summed E-state index contributed by atoms with van der Waals surface area (Å²) in [5.41, 5.74) is 0.994. The SMILES string of the molecule is Oc1cccc(Cc2nc(-c3cc(F)cc(F)c3)no2)c1. The van der Waals surface area contributed by atoms with Gasteiger partial charge < -0.3 is 9.63 Å². The molecule has 0 fully saturated rings. The first-order chi connectivity index (χ1) is 10.1. The van der Waals surface area contributed by atoms with Gasteiger partial charge in [-0.2, -0.15) is 4.98 Å². The van der Waals surface area contributed by atoms with E-state index in [9.17, 15) is 13.9 Å². The standard InChI is InChI=1S/C15H10F2N2O2/c16-11-6-10(7-12(17)8-11)15-18-14(21-19-15)5-9-2-1-3-13(20)4-9/h1-4,6-8,20H,5H2. The van der Waals surface area contributed by atoms with E-state index in [1.54, 1.807) is 24.3 Å². The minimum absolute atomic E-state index is 0.114. The van der Waals surface area contributed by atoms with Crippen LogP contribution in [0.25, 0.3) is 11.4 Å². The molecule has 4 nitrogen and oxygen atoms in total. The zero-order chi connectivity index (χ0) is 14.8. The maximum atomic E-state index is 13.2. The van der Waals surface area contributed by atoms with Crippen LogP contribution >= 0.6 is 0 Å². The average molecular weight is 288 g/mol. The third-order valence-electron chi connectivity index (χ3n) is 2.85. The zero-order valence-electron chi connectivity index (χ0n) is 10.8. The van der Waals surface area contributed by atoms with Gasteiger partial charge in [-0.1, -0.05) is 17.3 Å². The minimum atomic E-state index is -0.704. The van der Waals surface area contributed by atoms with Crippen LogP contribution in [0.5, 0.6) is 5.75 Å². The van der Waals surface area contributed by atoms with Crippen LogP contribution in [0.1, 0.15) is 11.5 Å². The first kappa shape index (κ1) is 13.2. The number of phenolic OH excluding ortho intramolecular Hbond substituents is 1. The minimum Gasteiger partial charge on any atom is -0.508 e. The first-order valence-corrected chi connectivity index (χ1v) is 6.17. The van der Waals surface area contributed by atoms with Crippen LogP contribution in [0.3, 0.4) is 0 Å². The first-order valence-electron chi connectivity index (χ1n) is 6.17. The molecule has 0 aliphatic rings. The molecule has 0 saturated carbocycles. The molecule has 2 aromatic carbocycles. The van der Waals surface area contributed by atoms with Gasteiger partial charge >= 0.3 is 0 Å². The summed E-state index contributed by atoms with van der Waals surface area (Å²) in [5, 5.41) is 13.1. The molecule has 0 spiro atoms. The average Bonchev–Trinajstić information content (AvgIpc) is 2.86. The normalized spacial score (nSPS) is 10.8. The number of phenols is 1. The van der Waals surface area contributed by atoms with E-state index in [1.165, 1.54) is 0 Å². The fourth-order valence-electron chi connectivity index (χ4n) is 1.97. The fraction of sp³-hybridized carbons (Fsp3) is 0.0667. The Hall–Kier alpha value is -2.76. The van der Waals surface area contributed by atoms with Crippen molar-refractivity contribution < 1.29 is 18.4 Å². The molecular weight excluding hydrogens is 278 g/mol. The lowest BCUT2D eigenvalue weighted by atomic mass is 10.1. The quantitative estimate of drug-likeness (QED) is 0.803. The second kappa shape index (κ2) is 5.32. The lowest BCUT2D eigenvalue weighted by Crippen LogP contribution is -1.89. The van der Waals surface area contributed by atoms with Crippen LogP contribution in [-0.2, 0) is 6.42 Å². The Morgan fingerprint density at radius 1 is 1.05 bits per heavy atom. The van der Waals surface area contributed by atoms with E-state index in [4.69, 9.17) is 4.52 Å². The largest absolute Gasteiger partial charge is 0.508 e. The summed E-state index contributed by atoms with van der Waals surface area (Å²) >= 11 is 0. The molecule has 0 aliphatic carbocycles. The van der Waals surface area contributed by atoms with Gasteiger partial charge in [0.2, 0.25) is 11.7 Å². The number of nitrogens with zero attached hydrogens (tertiary/aromatic N) is 2. The number of hydrogen-bond donors (Lipinski definition) is 1. The third kappa shape index (κ3) is 3.05. The Kier molecular flexibility index (Phi) is 3.35. The van der Waals surface area contributed by atoms with Crippen molar-refractivity contribution in [1.29, 1.82) is 0 Å². The molecule has 6 heteroatoms. The molecular formula is C15H10F2N2O2. The Labute approximate surface area is 118 Å². The van der Waals surface area contributed by atoms with Gasteiger partial charge in [-0.15, -0.1) is 0 Å². The van der Waals surface area contributed by atoms with Gasteiger partial charge in [-0.25, -0.2) is 8.78 Å². The van der Waals surface area contributed by atoms with Gasteiger partial charge in [0.05, 0.1) is 6.42 Å². The molecule has 0 radical (unpaired) electrons. The zero-order valence-corrected chi connectivity index (χ0v) is 10.8. The molecule has 106 valence electrons. The van der Waals surface area contributed by atoms with Crippen molar-refractivity contribution in [2.45, 2.75) is 6.42 Å². The molecule has 21 heavy (non-hydrogen) atoms. The van der Waals surface area contributed by atoms with Crippen molar-refractivity contribution in [3.63, 3.8) is 0 Å². The van der Waals surface area contributed by atoms with Crippen molar-refractivity contribution in [3.05, 3.63) is 65.6 Å². The van der Waals surface area contributed by atoms with Crippen molar-refractivity contribution in [2.24, 2.45) is 0 Å². The van der Waals surface area contributed by atoms with Crippen molar-refractivity contribution >= 4 is 0 Å². The van der Waals surface area contributed by atoms with Crippen LogP contribution in [0.4, 0.5) is 8.78 Å². The summed E-state index contributed by atoms with van der Waals surface area (Å²) in [6.07, 6.45) is 0.319. The second-order valence-corrected chi connectivity index (χ2v) is 4.52. The van der Waals surface area contributed by atoms with Crippen molar-refractivity contribution in [3.8, 4) is 17.1 Å². The Morgan fingerprint density at radius 2 is 1.81 bits per heavy atom. The lowest BCUT2D eigenvalue weighted by Gasteiger charge is -1.97. The van der Waals surface area contributed by atoms with Gasteiger partial charge in [0.25, 0.3) is 0 Å². The maximum absolute atomic E-state index is 13.2. The predicted molar refractivity (Wildman–Crippen MR) is 70.6 cm³/mol. The van der Waals surface area contributed by atoms with Crippen molar-refractivity contribution in [1.82, 2.24) is 10.1 Å². The van der Waals surface area contributed by atoms with E-state index in [0.29, 0.717) is 12.3 Å². The highest BCUT2D eigenvalue weighted by Gasteiger charge is 2.11. The van der Waals surface area contributed by atoms with E-state index in [2.05, 4.69) is 10.1 Å². The maximum Gasteiger partial charge on any atom is 0.231 e. The summed E-state index contributed by atoms with van der Waals surface area (Å²) in [5.74, 6) is -0.864. The van der Waals surface area contributed by atoms with Gasteiger partial charge in [0, 0.05) is 11.6 Å². The molecule has 0 amide bonds. The molecule has 3 rings (SSSR count). The smallest absolute Gasteiger partial charge is 0.231 e. The molecule has 1 heterocycles. The Morgan fingerprint density at radius 3 is 2.52 bits per heavy atom. The van der Waals surface area contributed by atoms with Crippen molar-refractivity contribution in [2.75, 3.05) is 0 Å². The predicted octanol–water partition coefficient (Wildman–Crippen LogP) is 3.31. The second-order valence-electron chi connectivity index (χ2n) is 4.52. The van der Waals surface area contributed by atoms with Gasteiger partial charge in [0.1, 0.15) is 17.4 Å². The molecule has 0 unspecified atom stereocenters. The number of halogens is 2. The summed E-state index contributed by atoms with van der Waals surface area (Å²) < 4.78 is 31.4.